The number of rotatable bonds is 10. The first-order chi connectivity index (χ1) is 9.70. The van der Waals surface area contributed by atoms with Crippen LogP contribution in [-0.2, 0) is 0 Å². The Hall–Kier alpha value is -1.57. The van der Waals surface area contributed by atoms with Gasteiger partial charge < -0.3 is 10.6 Å². The minimum atomic E-state index is -0.442. The van der Waals surface area contributed by atoms with Crippen LogP contribution >= 0.6 is 11.8 Å². The summed E-state index contributed by atoms with van der Waals surface area (Å²) < 4.78 is 0. The average Bonchev–Trinajstić information content (AvgIpc) is 2.44. The highest BCUT2D eigenvalue weighted by atomic mass is 32.2. The molecule has 0 bridgehead atoms. The predicted molar refractivity (Wildman–Crippen MR) is 83.6 cm³/mol. The Bertz CT molecular complexity index is 430. The monoisotopic (exact) mass is 299 g/mol. The molecule has 0 fully saturated rings. The van der Waals surface area contributed by atoms with Gasteiger partial charge in [-0.2, -0.15) is 11.8 Å². The molecule has 0 aliphatic heterocycles. The lowest BCUT2D eigenvalue weighted by Gasteiger charge is -2.09. The summed E-state index contributed by atoms with van der Waals surface area (Å²) in [6.45, 7) is 3.31. The number of thioether (sulfide) groups is 1. The van der Waals surface area contributed by atoms with Crippen molar-refractivity contribution >= 4 is 29.1 Å². The molecule has 1 aromatic rings. The number of nitrogens with one attached hydrogen (secondary N) is 2. The molecule has 8 heteroatoms. The van der Waals surface area contributed by atoms with Crippen LogP contribution in [0, 0.1) is 10.1 Å². The predicted octanol–water partition coefficient (Wildman–Crippen LogP) is 2.76. The molecule has 112 valence electrons. The molecular formula is C12H21N5O2S. The molecule has 0 atom stereocenters. The minimum Gasteiger partial charge on any atom is -0.364 e. The van der Waals surface area contributed by atoms with E-state index in [-0.39, 0.29) is 17.3 Å². The van der Waals surface area contributed by atoms with Crippen molar-refractivity contribution in [3.8, 4) is 0 Å². The van der Waals surface area contributed by atoms with Crippen LogP contribution in [0.1, 0.15) is 26.2 Å². The van der Waals surface area contributed by atoms with Gasteiger partial charge in [0, 0.05) is 13.1 Å². The number of nitrogens with zero attached hydrogens (tertiary/aromatic N) is 3. The maximum Gasteiger partial charge on any atom is 0.353 e. The first kappa shape index (κ1) is 16.5. The highest BCUT2D eigenvalue weighted by Gasteiger charge is 2.22. The zero-order chi connectivity index (χ0) is 14.8. The SMILES string of the molecule is CCCNc1ncnc(NCCCCSC)c1[N+](=O)[O-]. The Morgan fingerprint density at radius 2 is 1.90 bits per heavy atom. The van der Waals surface area contributed by atoms with E-state index in [2.05, 4.69) is 26.9 Å². The third-order valence-electron chi connectivity index (χ3n) is 2.61. The van der Waals surface area contributed by atoms with Crippen LogP contribution < -0.4 is 10.6 Å². The van der Waals surface area contributed by atoms with Gasteiger partial charge >= 0.3 is 5.69 Å². The summed E-state index contributed by atoms with van der Waals surface area (Å²) in [7, 11) is 0. The number of unbranched alkanes of at least 4 members (excludes halogenated alkanes) is 1. The Morgan fingerprint density at radius 1 is 1.25 bits per heavy atom. The lowest BCUT2D eigenvalue weighted by atomic mass is 10.3. The van der Waals surface area contributed by atoms with E-state index in [1.807, 2.05) is 6.92 Å². The second-order valence-corrected chi connectivity index (χ2v) is 5.22. The zero-order valence-corrected chi connectivity index (χ0v) is 12.7. The van der Waals surface area contributed by atoms with Crippen molar-refractivity contribution in [2.45, 2.75) is 26.2 Å². The number of aromatic nitrogens is 2. The van der Waals surface area contributed by atoms with Crippen molar-refractivity contribution in [2.24, 2.45) is 0 Å². The van der Waals surface area contributed by atoms with Crippen LogP contribution in [-0.4, -0.2) is 40.0 Å². The highest BCUT2D eigenvalue weighted by Crippen LogP contribution is 2.28. The van der Waals surface area contributed by atoms with E-state index in [1.54, 1.807) is 11.8 Å². The summed E-state index contributed by atoms with van der Waals surface area (Å²) in [4.78, 5) is 18.7. The summed E-state index contributed by atoms with van der Waals surface area (Å²) in [5, 5.41) is 17.2. The van der Waals surface area contributed by atoms with Gasteiger partial charge in [0.1, 0.15) is 6.33 Å². The number of hydrogen-bond acceptors (Lipinski definition) is 7. The number of anilines is 2. The zero-order valence-electron chi connectivity index (χ0n) is 11.9. The molecule has 1 heterocycles. The van der Waals surface area contributed by atoms with Crippen molar-refractivity contribution < 1.29 is 4.92 Å². The van der Waals surface area contributed by atoms with Gasteiger partial charge in [0.15, 0.2) is 0 Å². The average molecular weight is 299 g/mol. The van der Waals surface area contributed by atoms with E-state index < -0.39 is 4.92 Å². The molecule has 0 saturated heterocycles. The molecule has 0 unspecified atom stereocenters. The molecule has 1 aromatic heterocycles. The van der Waals surface area contributed by atoms with Crippen molar-refractivity contribution in [3.05, 3.63) is 16.4 Å². The lowest BCUT2D eigenvalue weighted by molar-refractivity contribution is -0.383. The number of hydrogen-bond donors (Lipinski definition) is 2. The first-order valence-electron chi connectivity index (χ1n) is 6.66. The molecule has 2 N–H and O–H groups in total. The van der Waals surface area contributed by atoms with Gasteiger partial charge in [0.2, 0.25) is 11.6 Å². The Kier molecular flexibility index (Phi) is 7.71. The summed E-state index contributed by atoms with van der Waals surface area (Å²) in [6.07, 6.45) is 6.32. The van der Waals surface area contributed by atoms with Crippen molar-refractivity contribution in [1.29, 1.82) is 0 Å². The smallest absolute Gasteiger partial charge is 0.353 e. The fourth-order valence-corrected chi connectivity index (χ4v) is 2.12. The fourth-order valence-electron chi connectivity index (χ4n) is 1.63. The highest BCUT2D eigenvalue weighted by molar-refractivity contribution is 7.98. The molecule has 0 aromatic carbocycles. The maximum absolute atomic E-state index is 11.2. The van der Waals surface area contributed by atoms with Crippen LogP contribution in [0.2, 0.25) is 0 Å². The van der Waals surface area contributed by atoms with Crippen LogP contribution in [0.4, 0.5) is 17.3 Å². The molecular weight excluding hydrogens is 278 g/mol. The van der Waals surface area contributed by atoms with E-state index in [1.165, 1.54) is 6.33 Å². The van der Waals surface area contributed by atoms with Crippen LogP contribution in [0.25, 0.3) is 0 Å². The van der Waals surface area contributed by atoms with Gasteiger partial charge in [-0.1, -0.05) is 6.92 Å². The summed E-state index contributed by atoms with van der Waals surface area (Å²) in [5.41, 5.74) is -0.0779. The maximum atomic E-state index is 11.2. The van der Waals surface area contributed by atoms with Gasteiger partial charge in [-0.25, -0.2) is 9.97 Å². The molecule has 0 saturated carbocycles. The quantitative estimate of drug-likeness (QED) is 0.390. The largest absolute Gasteiger partial charge is 0.364 e. The summed E-state index contributed by atoms with van der Waals surface area (Å²) in [6, 6.07) is 0. The van der Waals surface area contributed by atoms with E-state index >= 15 is 0 Å². The molecule has 0 aliphatic carbocycles. The Morgan fingerprint density at radius 3 is 2.45 bits per heavy atom. The summed E-state index contributed by atoms with van der Waals surface area (Å²) in [5.74, 6) is 1.66. The minimum absolute atomic E-state index is 0.0779. The Labute approximate surface area is 123 Å². The molecule has 20 heavy (non-hydrogen) atoms. The second kappa shape index (κ2) is 9.35. The van der Waals surface area contributed by atoms with Gasteiger partial charge in [0.25, 0.3) is 0 Å². The lowest BCUT2D eigenvalue weighted by Crippen LogP contribution is -2.11. The standard InChI is InChI=1S/C12H21N5O2S/c1-3-6-13-11-10(17(18)19)12(16-9-15-11)14-7-4-5-8-20-2/h9H,3-8H2,1-2H3,(H2,13,14,15,16). The van der Waals surface area contributed by atoms with Gasteiger partial charge in [0.05, 0.1) is 4.92 Å². The topological polar surface area (TPSA) is 93.0 Å². The van der Waals surface area contributed by atoms with Crippen molar-refractivity contribution in [2.75, 3.05) is 35.7 Å². The van der Waals surface area contributed by atoms with Crippen LogP contribution in [0.15, 0.2) is 6.33 Å². The van der Waals surface area contributed by atoms with Crippen LogP contribution in [0.3, 0.4) is 0 Å². The van der Waals surface area contributed by atoms with Gasteiger partial charge in [-0.05, 0) is 31.3 Å². The van der Waals surface area contributed by atoms with E-state index in [4.69, 9.17) is 0 Å². The molecule has 0 amide bonds. The van der Waals surface area contributed by atoms with Crippen molar-refractivity contribution in [1.82, 2.24) is 9.97 Å². The number of nitro groups is 1. The third kappa shape index (κ3) is 5.20. The Balaban J connectivity index is 2.71. The fraction of sp³-hybridized carbons (Fsp3) is 0.667. The molecule has 0 spiro atoms. The van der Waals surface area contributed by atoms with Crippen LogP contribution in [0.5, 0.6) is 0 Å². The van der Waals surface area contributed by atoms with Gasteiger partial charge in [-0.3, -0.25) is 10.1 Å². The van der Waals surface area contributed by atoms with E-state index in [9.17, 15) is 10.1 Å². The molecule has 0 radical (unpaired) electrons. The summed E-state index contributed by atoms with van der Waals surface area (Å²) >= 11 is 1.80. The third-order valence-corrected chi connectivity index (χ3v) is 3.31. The van der Waals surface area contributed by atoms with E-state index in [0.717, 1.165) is 25.0 Å². The van der Waals surface area contributed by atoms with Gasteiger partial charge in [-0.15, -0.1) is 0 Å². The molecule has 7 nitrogen and oxygen atoms in total. The normalized spacial score (nSPS) is 10.3. The van der Waals surface area contributed by atoms with E-state index in [0.29, 0.717) is 13.1 Å². The molecule has 1 rings (SSSR count). The first-order valence-corrected chi connectivity index (χ1v) is 8.06. The van der Waals surface area contributed by atoms with Crippen molar-refractivity contribution in [3.63, 3.8) is 0 Å². The second-order valence-electron chi connectivity index (χ2n) is 4.23. The molecule has 0 aliphatic rings.